The maximum atomic E-state index is 2.49. The molecule has 1 rings (SSSR count). The van der Waals surface area contributed by atoms with Crippen molar-refractivity contribution in [2.24, 2.45) is 5.41 Å². The standard InChI is InChI=1S/C11H23N/c1-4-5-7-11(2)8-6-9-12(3)10-11/h4-10H2,1-3H3/t11-/m0/s1. The van der Waals surface area contributed by atoms with Crippen LogP contribution in [0.4, 0.5) is 0 Å². The summed E-state index contributed by atoms with van der Waals surface area (Å²) < 4.78 is 0. The fraction of sp³-hybridized carbons (Fsp3) is 1.00. The molecule has 0 amide bonds. The van der Waals surface area contributed by atoms with Gasteiger partial charge in [-0.1, -0.05) is 26.7 Å². The molecule has 1 aliphatic rings. The Kier molecular flexibility index (Phi) is 3.57. The summed E-state index contributed by atoms with van der Waals surface area (Å²) in [4.78, 5) is 2.49. The molecule has 1 heterocycles. The second kappa shape index (κ2) is 4.27. The van der Waals surface area contributed by atoms with Gasteiger partial charge < -0.3 is 4.90 Å². The predicted molar refractivity (Wildman–Crippen MR) is 54.4 cm³/mol. The first kappa shape index (κ1) is 10.0. The Balaban J connectivity index is 2.35. The third-order valence-electron chi connectivity index (χ3n) is 3.11. The highest BCUT2D eigenvalue weighted by Gasteiger charge is 2.28. The van der Waals surface area contributed by atoms with Gasteiger partial charge >= 0.3 is 0 Å². The summed E-state index contributed by atoms with van der Waals surface area (Å²) >= 11 is 0. The van der Waals surface area contributed by atoms with Gasteiger partial charge in [0, 0.05) is 6.54 Å². The summed E-state index contributed by atoms with van der Waals surface area (Å²) in [6.45, 7) is 7.36. The Hall–Kier alpha value is -0.0400. The zero-order valence-corrected chi connectivity index (χ0v) is 8.90. The van der Waals surface area contributed by atoms with E-state index in [1.54, 1.807) is 0 Å². The molecule has 0 radical (unpaired) electrons. The SMILES string of the molecule is CCCC[C@@]1(C)CCCN(C)C1. The molecule has 1 nitrogen and oxygen atoms in total. The number of nitrogens with zero attached hydrogens (tertiary/aromatic N) is 1. The molecule has 1 fully saturated rings. The topological polar surface area (TPSA) is 3.24 Å². The Morgan fingerprint density at radius 3 is 2.75 bits per heavy atom. The van der Waals surface area contributed by atoms with Crippen molar-refractivity contribution in [1.29, 1.82) is 0 Å². The maximum Gasteiger partial charge on any atom is 0.00323 e. The molecule has 1 saturated heterocycles. The fourth-order valence-electron chi connectivity index (χ4n) is 2.39. The van der Waals surface area contributed by atoms with Crippen molar-refractivity contribution < 1.29 is 0 Å². The molecule has 0 aliphatic carbocycles. The molecule has 0 aromatic rings. The molecule has 0 aromatic heterocycles. The van der Waals surface area contributed by atoms with Crippen LogP contribution in [-0.2, 0) is 0 Å². The lowest BCUT2D eigenvalue weighted by Gasteiger charge is -2.39. The van der Waals surface area contributed by atoms with Crippen LogP contribution in [0, 0.1) is 5.41 Å². The van der Waals surface area contributed by atoms with Crippen LogP contribution >= 0.6 is 0 Å². The van der Waals surface area contributed by atoms with Crippen molar-refractivity contribution in [3.63, 3.8) is 0 Å². The third kappa shape index (κ3) is 2.78. The molecule has 0 N–H and O–H groups in total. The zero-order valence-electron chi connectivity index (χ0n) is 8.90. The maximum absolute atomic E-state index is 2.49. The van der Waals surface area contributed by atoms with Crippen molar-refractivity contribution in [2.75, 3.05) is 20.1 Å². The number of piperidine rings is 1. The minimum Gasteiger partial charge on any atom is -0.306 e. The Labute approximate surface area is 77.1 Å². The van der Waals surface area contributed by atoms with E-state index in [9.17, 15) is 0 Å². The number of hydrogen-bond donors (Lipinski definition) is 0. The van der Waals surface area contributed by atoms with Gasteiger partial charge in [-0.05, 0) is 38.3 Å². The normalized spacial score (nSPS) is 32.2. The highest BCUT2D eigenvalue weighted by Crippen LogP contribution is 2.33. The Bertz CT molecular complexity index is 133. The van der Waals surface area contributed by atoms with E-state index in [0.717, 1.165) is 0 Å². The van der Waals surface area contributed by atoms with Gasteiger partial charge in [0.2, 0.25) is 0 Å². The summed E-state index contributed by atoms with van der Waals surface area (Å²) in [7, 11) is 2.25. The first-order chi connectivity index (χ1) is 5.66. The van der Waals surface area contributed by atoms with Gasteiger partial charge in [0.25, 0.3) is 0 Å². The lowest BCUT2D eigenvalue weighted by Crippen LogP contribution is -2.39. The second-order valence-electron chi connectivity index (χ2n) is 4.76. The van der Waals surface area contributed by atoms with Crippen molar-refractivity contribution in [3.8, 4) is 0 Å². The van der Waals surface area contributed by atoms with Crippen LogP contribution in [-0.4, -0.2) is 25.0 Å². The minimum atomic E-state index is 0.628. The van der Waals surface area contributed by atoms with E-state index in [4.69, 9.17) is 0 Å². The lowest BCUT2D eigenvalue weighted by molar-refractivity contribution is 0.114. The van der Waals surface area contributed by atoms with Crippen LogP contribution in [0.1, 0.15) is 46.0 Å². The molecule has 0 unspecified atom stereocenters. The average molecular weight is 169 g/mol. The van der Waals surface area contributed by atoms with E-state index in [0.29, 0.717) is 5.41 Å². The highest BCUT2D eigenvalue weighted by molar-refractivity contribution is 4.81. The van der Waals surface area contributed by atoms with Gasteiger partial charge in [0.05, 0.1) is 0 Å². The van der Waals surface area contributed by atoms with Crippen molar-refractivity contribution in [2.45, 2.75) is 46.0 Å². The molecule has 0 bridgehead atoms. The number of unbranched alkanes of at least 4 members (excludes halogenated alkanes) is 1. The zero-order chi connectivity index (χ0) is 9.03. The molecule has 0 spiro atoms. The molecule has 12 heavy (non-hydrogen) atoms. The molecule has 72 valence electrons. The Morgan fingerprint density at radius 2 is 2.17 bits per heavy atom. The summed E-state index contributed by atoms with van der Waals surface area (Å²) in [6, 6.07) is 0. The molecule has 1 aliphatic heterocycles. The first-order valence-corrected chi connectivity index (χ1v) is 5.35. The predicted octanol–water partition coefficient (Wildman–Crippen LogP) is 2.91. The van der Waals surface area contributed by atoms with E-state index in [1.165, 1.54) is 45.2 Å². The number of rotatable bonds is 3. The fourth-order valence-corrected chi connectivity index (χ4v) is 2.39. The molecule has 0 aromatic carbocycles. The first-order valence-electron chi connectivity index (χ1n) is 5.35. The second-order valence-corrected chi connectivity index (χ2v) is 4.76. The van der Waals surface area contributed by atoms with Crippen LogP contribution in [0.5, 0.6) is 0 Å². The summed E-state index contributed by atoms with van der Waals surface area (Å²) in [5.74, 6) is 0. The Morgan fingerprint density at radius 1 is 1.42 bits per heavy atom. The molecule has 1 atom stereocenters. The van der Waals surface area contributed by atoms with E-state index in [1.807, 2.05) is 0 Å². The van der Waals surface area contributed by atoms with Crippen molar-refractivity contribution >= 4 is 0 Å². The smallest absolute Gasteiger partial charge is 0.00323 e. The van der Waals surface area contributed by atoms with Crippen molar-refractivity contribution in [1.82, 2.24) is 4.90 Å². The summed E-state index contributed by atoms with van der Waals surface area (Å²) in [5, 5.41) is 0. The van der Waals surface area contributed by atoms with Crippen LogP contribution < -0.4 is 0 Å². The van der Waals surface area contributed by atoms with Gasteiger partial charge in [-0.15, -0.1) is 0 Å². The van der Waals surface area contributed by atoms with Gasteiger partial charge in [0.15, 0.2) is 0 Å². The van der Waals surface area contributed by atoms with Crippen LogP contribution in [0.3, 0.4) is 0 Å². The van der Waals surface area contributed by atoms with Gasteiger partial charge in [0.1, 0.15) is 0 Å². The van der Waals surface area contributed by atoms with E-state index in [2.05, 4.69) is 25.8 Å². The number of likely N-dealkylation sites (tertiary alicyclic amines) is 1. The monoisotopic (exact) mass is 169 g/mol. The van der Waals surface area contributed by atoms with E-state index >= 15 is 0 Å². The molecular weight excluding hydrogens is 146 g/mol. The van der Waals surface area contributed by atoms with Crippen LogP contribution in [0.2, 0.25) is 0 Å². The minimum absolute atomic E-state index is 0.628. The average Bonchev–Trinajstić information content (AvgIpc) is 2.01. The van der Waals surface area contributed by atoms with Gasteiger partial charge in [-0.25, -0.2) is 0 Å². The quantitative estimate of drug-likeness (QED) is 0.628. The van der Waals surface area contributed by atoms with Gasteiger partial charge in [-0.3, -0.25) is 0 Å². The summed E-state index contributed by atoms with van der Waals surface area (Å²) in [5.41, 5.74) is 0.628. The largest absolute Gasteiger partial charge is 0.306 e. The van der Waals surface area contributed by atoms with Crippen LogP contribution in [0.25, 0.3) is 0 Å². The van der Waals surface area contributed by atoms with E-state index < -0.39 is 0 Å². The molecule has 0 saturated carbocycles. The molecule has 1 heteroatoms. The highest BCUT2D eigenvalue weighted by atomic mass is 15.1. The van der Waals surface area contributed by atoms with E-state index in [-0.39, 0.29) is 0 Å². The van der Waals surface area contributed by atoms with Crippen molar-refractivity contribution in [3.05, 3.63) is 0 Å². The van der Waals surface area contributed by atoms with Gasteiger partial charge in [-0.2, -0.15) is 0 Å². The third-order valence-corrected chi connectivity index (χ3v) is 3.11. The number of hydrogen-bond acceptors (Lipinski definition) is 1. The summed E-state index contributed by atoms with van der Waals surface area (Å²) in [6.07, 6.45) is 7.02. The molecular formula is C11H23N. The van der Waals surface area contributed by atoms with Crippen LogP contribution in [0.15, 0.2) is 0 Å². The lowest BCUT2D eigenvalue weighted by atomic mass is 9.78.